The average Bonchev–Trinajstić information content (AvgIpc) is 2.53. The maximum absolute atomic E-state index is 12.0. The smallest absolute Gasteiger partial charge is 0.224 e. The lowest BCUT2D eigenvalue weighted by molar-refractivity contribution is -0.140. The van der Waals surface area contributed by atoms with Crippen molar-refractivity contribution in [2.45, 2.75) is 19.3 Å². The van der Waals surface area contributed by atoms with E-state index in [4.69, 9.17) is 14.2 Å². The van der Waals surface area contributed by atoms with Crippen molar-refractivity contribution in [3.8, 4) is 11.5 Å². The second kappa shape index (κ2) is 7.14. The highest BCUT2D eigenvalue weighted by Crippen LogP contribution is 2.28. The molecule has 0 bridgehead atoms. The highest BCUT2D eigenvalue weighted by molar-refractivity contribution is 5.76. The van der Waals surface area contributed by atoms with Crippen LogP contribution in [-0.2, 0) is 16.0 Å². The summed E-state index contributed by atoms with van der Waals surface area (Å²) in [7, 11) is 3.22. The third-order valence-electron chi connectivity index (χ3n) is 3.39. The van der Waals surface area contributed by atoms with E-state index in [1.54, 1.807) is 19.1 Å². The van der Waals surface area contributed by atoms with Gasteiger partial charge >= 0.3 is 0 Å². The molecule has 0 aliphatic carbocycles. The highest BCUT2D eigenvalue weighted by Gasteiger charge is 2.16. The van der Waals surface area contributed by atoms with Gasteiger partial charge in [0.15, 0.2) is 11.5 Å². The second-order valence-corrected chi connectivity index (χ2v) is 4.74. The molecule has 20 heavy (non-hydrogen) atoms. The monoisotopic (exact) mass is 279 g/mol. The molecule has 0 saturated carbocycles. The van der Waals surface area contributed by atoms with Crippen molar-refractivity contribution in [3.63, 3.8) is 0 Å². The minimum atomic E-state index is 0.138. The first-order chi connectivity index (χ1) is 9.74. The van der Waals surface area contributed by atoms with Crippen molar-refractivity contribution in [2.24, 2.45) is 0 Å². The standard InChI is InChI=1S/C15H21NO4/c1-18-13-6-4-12(10-14(13)19-2)5-7-15(17)16-8-3-9-20-11-16/h4,6,10H,3,5,7-9,11H2,1-2H3. The predicted molar refractivity (Wildman–Crippen MR) is 75.0 cm³/mol. The lowest BCUT2D eigenvalue weighted by Crippen LogP contribution is -2.38. The van der Waals surface area contributed by atoms with Gasteiger partial charge in [0, 0.05) is 13.0 Å². The molecule has 1 aromatic carbocycles. The van der Waals surface area contributed by atoms with Gasteiger partial charge in [-0.3, -0.25) is 4.79 Å². The molecule has 2 rings (SSSR count). The van der Waals surface area contributed by atoms with E-state index in [0.717, 1.165) is 25.1 Å². The Hall–Kier alpha value is -1.75. The second-order valence-electron chi connectivity index (χ2n) is 4.74. The first-order valence-electron chi connectivity index (χ1n) is 6.81. The maximum atomic E-state index is 12.0. The summed E-state index contributed by atoms with van der Waals surface area (Å²) in [5.74, 6) is 1.53. The van der Waals surface area contributed by atoms with Crippen LogP contribution in [0.5, 0.6) is 11.5 Å². The Bertz CT molecular complexity index is 455. The van der Waals surface area contributed by atoms with E-state index in [0.29, 0.717) is 31.1 Å². The predicted octanol–water partition coefficient (Wildman–Crippen LogP) is 1.84. The molecule has 5 nitrogen and oxygen atoms in total. The highest BCUT2D eigenvalue weighted by atomic mass is 16.5. The fourth-order valence-electron chi connectivity index (χ4n) is 2.24. The molecular formula is C15H21NO4. The topological polar surface area (TPSA) is 48.0 Å². The quantitative estimate of drug-likeness (QED) is 0.825. The number of rotatable bonds is 5. The molecule has 0 spiro atoms. The summed E-state index contributed by atoms with van der Waals surface area (Å²) < 4.78 is 15.7. The van der Waals surface area contributed by atoms with Gasteiger partial charge in [-0.05, 0) is 30.5 Å². The van der Waals surface area contributed by atoms with Gasteiger partial charge in [0.25, 0.3) is 0 Å². The molecule has 1 saturated heterocycles. The minimum Gasteiger partial charge on any atom is -0.493 e. The van der Waals surface area contributed by atoms with Gasteiger partial charge < -0.3 is 19.1 Å². The molecule has 0 unspecified atom stereocenters. The Labute approximate surface area is 119 Å². The Morgan fingerprint density at radius 1 is 1.30 bits per heavy atom. The van der Waals surface area contributed by atoms with Crippen LogP contribution in [0, 0.1) is 0 Å². The molecule has 1 fully saturated rings. The first-order valence-corrected chi connectivity index (χ1v) is 6.81. The van der Waals surface area contributed by atoms with Crippen LogP contribution in [0.1, 0.15) is 18.4 Å². The Morgan fingerprint density at radius 2 is 2.10 bits per heavy atom. The van der Waals surface area contributed by atoms with Crippen LogP contribution in [0.25, 0.3) is 0 Å². The van der Waals surface area contributed by atoms with Crippen LogP contribution in [0.4, 0.5) is 0 Å². The zero-order chi connectivity index (χ0) is 14.4. The van der Waals surface area contributed by atoms with E-state index in [1.807, 2.05) is 18.2 Å². The van der Waals surface area contributed by atoms with Gasteiger partial charge in [-0.2, -0.15) is 0 Å². The van der Waals surface area contributed by atoms with Gasteiger partial charge in [0.1, 0.15) is 6.73 Å². The molecule has 0 radical (unpaired) electrons. The van der Waals surface area contributed by atoms with E-state index in [2.05, 4.69) is 0 Å². The van der Waals surface area contributed by atoms with Gasteiger partial charge in [0.05, 0.1) is 20.8 Å². The number of carbonyl (C=O) groups excluding carboxylic acids is 1. The van der Waals surface area contributed by atoms with Crippen molar-refractivity contribution in [1.29, 1.82) is 0 Å². The number of hydrogen-bond acceptors (Lipinski definition) is 4. The van der Waals surface area contributed by atoms with E-state index in [1.165, 1.54) is 0 Å². The van der Waals surface area contributed by atoms with Crippen molar-refractivity contribution in [2.75, 3.05) is 34.1 Å². The number of benzene rings is 1. The number of methoxy groups -OCH3 is 2. The Kier molecular flexibility index (Phi) is 5.24. The fraction of sp³-hybridized carbons (Fsp3) is 0.533. The number of aryl methyl sites for hydroxylation is 1. The molecule has 0 aromatic heterocycles. The summed E-state index contributed by atoms with van der Waals surface area (Å²) >= 11 is 0. The number of carbonyl (C=O) groups is 1. The van der Waals surface area contributed by atoms with E-state index in [-0.39, 0.29) is 5.91 Å². The molecule has 0 atom stereocenters. The molecule has 0 N–H and O–H groups in total. The summed E-state index contributed by atoms with van der Waals surface area (Å²) in [6.07, 6.45) is 2.09. The molecule has 1 amide bonds. The summed E-state index contributed by atoms with van der Waals surface area (Å²) in [4.78, 5) is 13.8. The lowest BCUT2D eigenvalue weighted by Gasteiger charge is -2.26. The Balaban J connectivity index is 1.91. The normalized spacial score (nSPS) is 15.0. The summed E-state index contributed by atoms with van der Waals surface area (Å²) in [6.45, 7) is 1.97. The van der Waals surface area contributed by atoms with Crippen LogP contribution < -0.4 is 9.47 Å². The van der Waals surface area contributed by atoms with Crippen LogP contribution >= 0.6 is 0 Å². The molecule has 1 aliphatic heterocycles. The van der Waals surface area contributed by atoms with E-state index < -0.39 is 0 Å². The lowest BCUT2D eigenvalue weighted by atomic mass is 10.1. The average molecular weight is 279 g/mol. The molecule has 5 heteroatoms. The molecule has 1 aromatic rings. The van der Waals surface area contributed by atoms with Gasteiger partial charge in [-0.15, -0.1) is 0 Å². The molecule has 1 heterocycles. The number of nitrogens with zero attached hydrogens (tertiary/aromatic N) is 1. The van der Waals surface area contributed by atoms with Crippen LogP contribution in [-0.4, -0.2) is 44.9 Å². The molecule has 110 valence electrons. The molecular weight excluding hydrogens is 258 g/mol. The summed E-state index contributed by atoms with van der Waals surface area (Å²) in [6, 6.07) is 5.74. The minimum absolute atomic E-state index is 0.138. The summed E-state index contributed by atoms with van der Waals surface area (Å²) in [5.41, 5.74) is 1.06. The largest absolute Gasteiger partial charge is 0.493 e. The zero-order valence-corrected chi connectivity index (χ0v) is 12.1. The number of hydrogen-bond donors (Lipinski definition) is 0. The van der Waals surface area contributed by atoms with E-state index >= 15 is 0 Å². The zero-order valence-electron chi connectivity index (χ0n) is 12.1. The molecule has 1 aliphatic rings. The van der Waals surface area contributed by atoms with Gasteiger partial charge in [0.2, 0.25) is 5.91 Å². The first kappa shape index (κ1) is 14.7. The van der Waals surface area contributed by atoms with Crippen molar-refractivity contribution >= 4 is 5.91 Å². The number of ether oxygens (including phenoxy) is 3. The number of amides is 1. The fourth-order valence-corrected chi connectivity index (χ4v) is 2.24. The van der Waals surface area contributed by atoms with Crippen molar-refractivity contribution in [1.82, 2.24) is 4.90 Å². The Morgan fingerprint density at radius 3 is 2.75 bits per heavy atom. The van der Waals surface area contributed by atoms with Gasteiger partial charge in [-0.1, -0.05) is 6.07 Å². The third-order valence-corrected chi connectivity index (χ3v) is 3.39. The summed E-state index contributed by atoms with van der Waals surface area (Å²) in [5, 5.41) is 0. The van der Waals surface area contributed by atoms with Crippen molar-refractivity contribution in [3.05, 3.63) is 23.8 Å². The van der Waals surface area contributed by atoms with Crippen LogP contribution in [0.3, 0.4) is 0 Å². The van der Waals surface area contributed by atoms with Crippen molar-refractivity contribution < 1.29 is 19.0 Å². The van der Waals surface area contributed by atoms with Gasteiger partial charge in [-0.25, -0.2) is 0 Å². The maximum Gasteiger partial charge on any atom is 0.224 e. The third kappa shape index (κ3) is 3.63. The van der Waals surface area contributed by atoms with E-state index in [9.17, 15) is 4.79 Å². The van der Waals surface area contributed by atoms with Crippen LogP contribution in [0.2, 0.25) is 0 Å². The SMILES string of the molecule is COc1ccc(CCC(=O)N2CCCOC2)cc1OC. The van der Waals surface area contributed by atoms with Crippen LogP contribution in [0.15, 0.2) is 18.2 Å².